The van der Waals surface area contributed by atoms with E-state index in [0.29, 0.717) is 24.3 Å². The van der Waals surface area contributed by atoms with E-state index in [1.165, 1.54) is 0 Å². The van der Waals surface area contributed by atoms with Gasteiger partial charge in [-0.05, 0) is 45.7 Å². The Morgan fingerprint density at radius 2 is 1.87 bits per heavy atom. The molecule has 0 fully saturated rings. The normalized spacial score (nSPS) is 11.9. The predicted molar refractivity (Wildman–Crippen MR) is 110 cm³/mol. The average molecular weight is 441 g/mol. The Bertz CT molecular complexity index is 994. The van der Waals surface area contributed by atoms with Crippen molar-refractivity contribution in [3.63, 3.8) is 0 Å². The zero-order valence-corrected chi connectivity index (χ0v) is 18.4. The van der Waals surface area contributed by atoms with Crippen LogP contribution in [-0.2, 0) is 25.9 Å². The Labute approximate surface area is 176 Å². The van der Waals surface area contributed by atoms with Gasteiger partial charge in [0.25, 0.3) is 10.0 Å². The molecular weight excluding hydrogens is 412 g/mol. The number of alkyl carbamates (subject to hydrolysis) is 1. The Hall–Kier alpha value is -2.82. The minimum Gasteiger partial charge on any atom is -0.452 e. The van der Waals surface area contributed by atoms with E-state index in [2.05, 4.69) is 15.0 Å². The number of fused-ring (bicyclic) bond motifs is 1. The number of sulfonamides is 1. The van der Waals surface area contributed by atoms with Gasteiger partial charge in [0.2, 0.25) is 5.03 Å². The Balaban J connectivity index is 1.96. The third kappa shape index (κ3) is 6.61. The van der Waals surface area contributed by atoms with Gasteiger partial charge >= 0.3 is 12.2 Å². The second kappa shape index (κ2) is 9.79. The number of methoxy groups -OCH3 is 1. The summed E-state index contributed by atoms with van der Waals surface area (Å²) in [4.78, 5) is 27.2. The number of nitrogens with zero attached hydrogens (tertiary/aromatic N) is 2. The number of pyridine rings is 1. The van der Waals surface area contributed by atoms with E-state index in [9.17, 15) is 18.0 Å². The number of carbonyl (C=O) groups is 2. The quantitative estimate of drug-likeness (QED) is 0.604. The molecule has 2 N–H and O–H groups in total. The van der Waals surface area contributed by atoms with Gasteiger partial charge in [-0.2, -0.15) is 8.42 Å². The summed E-state index contributed by atoms with van der Waals surface area (Å²) in [5.41, 5.74) is -0.164. The molecule has 2 rings (SSSR count). The first-order valence-corrected chi connectivity index (χ1v) is 11.1. The van der Waals surface area contributed by atoms with E-state index in [-0.39, 0.29) is 5.03 Å². The second-order valence-electron chi connectivity index (χ2n) is 7.63. The largest absolute Gasteiger partial charge is 0.452 e. The number of amides is 2. The number of rotatable bonds is 8. The topological polar surface area (TPSA) is 128 Å². The van der Waals surface area contributed by atoms with Crippen LogP contribution >= 0.6 is 0 Å². The van der Waals surface area contributed by atoms with Gasteiger partial charge < -0.3 is 19.2 Å². The van der Waals surface area contributed by atoms with Gasteiger partial charge in [-0.3, -0.25) is 0 Å². The summed E-state index contributed by atoms with van der Waals surface area (Å²) in [6, 6.07) is 5.08. The maximum Gasteiger partial charge on any atom is 0.420 e. The number of ether oxygens (including phenoxy) is 2. The highest BCUT2D eigenvalue weighted by Crippen LogP contribution is 2.19. The van der Waals surface area contributed by atoms with E-state index in [1.54, 1.807) is 49.6 Å². The number of carbonyl (C=O) groups excluding carboxylic acids is 2. The molecule has 0 radical (unpaired) electrons. The fourth-order valence-corrected chi connectivity index (χ4v) is 3.80. The van der Waals surface area contributed by atoms with Crippen LogP contribution in [0.2, 0.25) is 0 Å². The lowest BCUT2D eigenvalue weighted by molar-refractivity contribution is 0.0527. The molecule has 0 aliphatic heterocycles. The minimum absolute atomic E-state index is 0.227. The fraction of sp³-hybridized carbons (Fsp3) is 0.526. The molecule has 0 saturated heterocycles. The van der Waals surface area contributed by atoms with E-state index in [0.717, 1.165) is 26.4 Å². The molecule has 11 heteroatoms. The summed E-state index contributed by atoms with van der Waals surface area (Å²) in [7, 11) is -3.08. The first-order chi connectivity index (χ1) is 14.0. The number of nitrogens with one attached hydrogen (secondary N) is 2. The molecule has 0 atom stereocenters. The fourth-order valence-electron chi connectivity index (χ4n) is 2.73. The van der Waals surface area contributed by atoms with Crippen LogP contribution in [-0.4, -0.2) is 49.2 Å². The van der Waals surface area contributed by atoms with Crippen LogP contribution in [0.5, 0.6) is 0 Å². The van der Waals surface area contributed by atoms with Gasteiger partial charge in [-0.25, -0.2) is 19.3 Å². The monoisotopic (exact) mass is 440 g/mol. The highest BCUT2D eigenvalue weighted by molar-refractivity contribution is 7.90. The van der Waals surface area contributed by atoms with Crippen LogP contribution in [0.3, 0.4) is 0 Å². The minimum atomic E-state index is -4.16. The van der Waals surface area contributed by atoms with Gasteiger partial charge in [0.05, 0.1) is 12.6 Å². The van der Waals surface area contributed by atoms with Crippen LogP contribution in [0, 0.1) is 0 Å². The third-order valence-corrected chi connectivity index (χ3v) is 5.24. The molecule has 0 aliphatic carbocycles. The summed E-state index contributed by atoms with van der Waals surface area (Å²) in [5, 5.41) is 2.48. The molecule has 0 aliphatic rings. The molecular formula is C19H28N4O6S. The van der Waals surface area contributed by atoms with Crippen LogP contribution in [0.25, 0.3) is 5.52 Å². The van der Waals surface area contributed by atoms with Crippen molar-refractivity contribution in [3.8, 4) is 0 Å². The van der Waals surface area contributed by atoms with Crippen molar-refractivity contribution in [1.29, 1.82) is 0 Å². The number of aryl methyl sites for hydroxylation is 1. The first-order valence-electron chi connectivity index (χ1n) is 9.57. The SMILES string of the molecule is COC(=O)NS(=O)(=O)c1nc(CCCCCNC(=O)OC(C)(C)C)n2ccccc12. The third-order valence-electron chi connectivity index (χ3n) is 3.99. The summed E-state index contributed by atoms with van der Waals surface area (Å²) >= 11 is 0. The number of hydrogen-bond donors (Lipinski definition) is 2. The Kier molecular flexibility index (Phi) is 7.65. The van der Waals surface area contributed by atoms with Gasteiger partial charge in [0.1, 0.15) is 11.4 Å². The summed E-state index contributed by atoms with van der Waals surface area (Å²) in [6.45, 7) is 5.89. The second-order valence-corrected chi connectivity index (χ2v) is 9.22. The van der Waals surface area contributed by atoms with E-state index < -0.39 is 27.8 Å². The lowest BCUT2D eigenvalue weighted by atomic mass is 10.2. The lowest BCUT2D eigenvalue weighted by Gasteiger charge is -2.19. The zero-order valence-electron chi connectivity index (χ0n) is 17.6. The van der Waals surface area contributed by atoms with Gasteiger partial charge in [0.15, 0.2) is 0 Å². The van der Waals surface area contributed by atoms with Crippen molar-refractivity contribution in [2.24, 2.45) is 0 Å². The van der Waals surface area contributed by atoms with Crippen LogP contribution in [0.4, 0.5) is 9.59 Å². The zero-order chi connectivity index (χ0) is 22.4. The van der Waals surface area contributed by atoms with E-state index >= 15 is 0 Å². The molecule has 2 aromatic rings. The highest BCUT2D eigenvalue weighted by Gasteiger charge is 2.25. The number of hydrogen-bond acceptors (Lipinski definition) is 7. The van der Waals surface area contributed by atoms with Crippen molar-refractivity contribution in [2.75, 3.05) is 13.7 Å². The maximum absolute atomic E-state index is 12.5. The first kappa shape index (κ1) is 23.5. The molecule has 10 nitrogen and oxygen atoms in total. The van der Waals surface area contributed by atoms with Crippen LogP contribution in [0.1, 0.15) is 45.9 Å². The highest BCUT2D eigenvalue weighted by atomic mass is 32.2. The smallest absolute Gasteiger partial charge is 0.420 e. The molecule has 0 bridgehead atoms. The Morgan fingerprint density at radius 1 is 1.13 bits per heavy atom. The summed E-state index contributed by atoms with van der Waals surface area (Å²) in [5.74, 6) is 0.566. The number of aromatic nitrogens is 2. The van der Waals surface area contributed by atoms with Crippen molar-refractivity contribution in [2.45, 2.75) is 57.1 Å². The van der Waals surface area contributed by atoms with Crippen molar-refractivity contribution < 1.29 is 27.5 Å². The van der Waals surface area contributed by atoms with Crippen molar-refractivity contribution in [1.82, 2.24) is 19.4 Å². The van der Waals surface area contributed by atoms with Crippen LogP contribution < -0.4 is 10.0 Å². The molecule has 166 valence electrons. The Morgan fingerprint density at radius 3 is 2.53 bits per heavy atom. The molecule has 2 heterocycles. The summed E-state index contributed by atoms with van der Waals surface area (Å²) < 4.78 is 38.0. The van der Waals surface area contributed by atoms with Gasteiger partial charge in [0, 0.05) is 19.2 Å². The molecule has 30 heavy (non-hydrogen) atoms. The maximum atomic E-state index is 12.5. The van der Waals surface area contributed by atoms with Crippen molar-refractivity contribution in [3.05, 3.63) is 30.2 Å². The van der Waals surface area contributed by atoms with Crippen molar-refractivity contribution >= 4 is 27.7 Å². The van der Waals surface area contributed by atoms with Gasteiger partial charge in [-0.15, -0.1) is 0 Å². The molecule has 0 aromatic carbocycles. The van der Waals surface area contributed by atoms with Gasteiger partial charge in [-0.1, -0.05) is 12.5 Å². The number of imidazole rings is 1. The molecule has 0 unspecified atom stereocenters. The van der Waals surface area contributed by atoms with E-state index in [1.807, 2.05) is 4.72 Å². The number of unbranched alkanes of at least 4 members (excludes halogenated alkanes) is 2. The summed E-state index contributed by atoms with van der Waals surface area (Å²) in [6.07, 6.45) is 3.02. The molecule has 0 spiro atoms. The average Bonchev–Trinajstić information content (AvgIpc) is 3.02. The standard InChI is InChI=1S/C19H28N4O6S/c1-19(2,3)29-17(24)20-12-8-5-6-11-15-21-16(14-10-7-9-13-23(14)15)30(26,27)22-18(25)28-4/h7,9-10,13H,5-6,8,11-12H2,1-4H3,(H,20,24)(H,22,25). The molecule has 2 amide bonds. The van der Waals surface area contributed by atoms with Crippen LogP contribution in [0.15, 0.2) is 29.4 Å². The molecule has 2 aromatic heterocycles. The molecule has 0 saturated carbocycles. The predicted octanol–water partition coefficient (Wildman–Crippen LogP) is 2.62. The van der Waals surface area contributed by atoms with E-state index in [4.69, 9.17) is 4.74 Å². The lowest BCUT2D eigenvalue weighted by Crippen LogP contribution is -2.32.